The summed E-state index contributed by atoms with van der Waals surface area (Å²) in [6, 6.07) is 0. The molecule has 0 aromatic heterocycles. The van der Waals surface area contributed by atoms with Crippen molar-refractivity contribution in [3.05, 3.63) is 0 Å². The van der Waals surface area contributed by atoms with Crippen LogP contribution >= 0.6 is 0 Å². The van der Waals surface area contributed by atoms with Gasteiger partial charge in [-0.3, -0.25) is 0 Å². The van der Waals surface area contributed by atoms with Crippen LogP contribution in [0.4, 0.5) is 4.79 Å². The Morgan fingerprint density at radius 2 is 2.17 bits per heavy atom. The summed E-state index contributed by atoms with van der Waals surface area (Å²) in [6.07, 6.45) is -1.18. The Morgan fingerprint density at radius 3 is 2.17 bits per heavy atom. The van der Waals surface area contributed by atoms with Gasteiger partial charge in [0.05, 0.1) is 0 Å². The van der Waals surface area contributed by atoms with Crippen molar-refractivity contribution < 1.29 is 17.2 Å². The van der Waals surface area contributed by atoms with Gasteiger partial charge in [0.2, 0.25) is 10.5 Å². The summed E-state index contributed by atoms with van der Waals surface area (Å²) < 4.78 is 3.81. The van der Waals surface area contributed by atoms with Crippen molar-refractivity contribution in [1.29, 1.82) is 0 Å². The van der Waals surface area contributed by atoms with Gasteiger partial charge in [-0.1, -0.05) is 0 Å². The zero-order valence-electron chi connectivity index (χ0n) is 5.47. The first kappa shape index (κ1) is 9.54. The Kier molecular flexibility index (Phi) is 8.35. The third-order valence-corrected chi connectivity index (χ3v) is 0.524. The van der Waals surface area contributed by atoms with Crippen LogP contribution in [0.15, 0.2) is 0 Å². The van der Waals surface area contributed by atoms with Crippen LogP contribution in [0.1, 0.15) is 2.85 Å². The van der Waals surface area contributed by atoms with Crippen molar-refractivity contribution in [3.8, 4) is 0 Å². The number of hydrogen-bond donors (Lipinski definition) is 1. The van der Waals surface area contributed by atoms with E-state index in [0.29, 0.717) is 0 Å². The van der Waals surface area contributed by atoms with Crippen molar-refractivity contribution in [2.45, 2.75) is 0 Å². The maximum atomic E-state index is 9.18. The molecular weight excluding hydrogens is 112 g/mol. The third kappa shape index (κ3) is 8.87. The van der Waals surface area contributed by atoms with E-state index < -0.39 is 6.16 Å². The summed E-state index contributed by atoms with van der Waals surface area (Å²) in [5.41, 5.74) is 0. The molecule has 0 aliphatic heterocycles. The smallest absolute Gasteiger partial charge is 1.00 e. The molecule has 0 aliphatic rings. The number of rotatable bonds is 0. The predicted octanol–water partition coefficient (Wildman–Crippen LogP) is -1.19. The molecule has 0 atom stereocenters. The fourth-order valence-corrected chi connectivity index (χ4v) is 0. The van der Waals surface area contributed by atoms with Crippen LogP contribution < -0.4 is 0 Å². The Balaban J connectivity index is -0.0000000267. The van der Waals surface area contributed by atoms with E-state index in [1.807, 2.05) is 0 Å². The monoisotopic (exact) mass is 118 g/mol. The second-order valence-corrected chi connectivity index (χ2v) is 0.878. The van der Waals surface area contributed by atoms with E-state index in [2.05, 4.69) is 4.43 Å². The summed E-state index contributed by atoms with van der Waals surface area (Å²) in [5, 5.41) is 7.53. The summed E-state index contributed by atoms with van der Waals surface area (Å²) in [7, 11) is 0.274. The summed E-state index contributed by atoms with van der Waals surface area (Å²) in [6.45, 7) is 0. The van der Waals surface area contributed by atoms with E-state index in [-0.39, 0.29) is 36.4 Å². The minimum absolute atomic E-state index is 0. The van der Waals surface area contributed by atoms with E-state index >= 15 is 0 Å². The van der Waals surface area contributed by atoms with E-state index in [1.165, 1.54) is 0 Å². The second-order valence-electron chi connectivity index (χ2n) is 0.470. The standard InChI is InChI=1S/CH4O3Si.Mg.2H/c2-1(3)4-5;;;/h5H3,(H,2,3);;;/q;+2;2*-1. The average molecular weight is 118 g/mol. The van der Waals surface area contributed by atoms with Crippen LogP contribution in [0.5, 0.6) is 0 Å². The molecule has 0 fully saturated rings. The molecule has 0 aromatic carbocycles. The molecule has 34 valence electrons. The van der Waals surface area contributed by atoms with Crippen LogP contribution in [-0.4, -0.2) is 44.8 Å². The van der Waals surface area contributed by atoms with Gasteiger partial charge in [-0.05, 0) is 0 Å². The van der Waals surface area contributed by atoms with Crippen molar-refractivity contribution in [2.24, 2.45) is 0 Å². The fourth-order valence-electron chi connectivity index (χ4n) is 0. The summed E-state index contributed by atoms with van der Waals surface area (Å²) >= 11 is 0. The summed E-state index contributed by atoms with van der Waals surface area (Å²) in [5.74, 6) is 0. The number of carboxylic acid groups (broad SMARTS) is 1. The topological polar surface area (TPSA) is 46.5 Å². The molecule has 0 saturated heterocycles. The van der Waals surface area contributed by atoms with Gasteiger partial charge in [-0.2, -0.15) is 0 Å². The molecule has 0 aliphatic carbocycles. The van der Waals surface area contributed by atoms with Gasteiger partial charge in [0, 0.05) is 0 Å². The molecule has 6 heavy (non-hydrogen) atoms. The van der Waals surface area contributed by atoms with Crippen molar-refractivity contribution in [1.82, 2.24) is 0 Å². The molecule has 0 rings (SSSR count). The Hall–Kier alpha value is 0.253. The van der Waals surface area contributed by atoms with Crippen molar-refractivity contribution in [2.75, 3.05) is 0 Å². The fraction of sp³-hybridized carbons (Fsp3) is 0. The molecule has 0 saturated carbocycles. The number of carbonyl (C=O) groups is 1. The molecular formula is CH6MgO3Si. The molecule has 1 N–H and O–H groups in total. The largest absolute Gasteiger partial charge is 2.00 e. The zero-order valence-corrected chi connectivity index (χ0v) is 6.89. The van der Waals surface area contributed by atoms with Crippen molar-refractivity contribution >= 4 is 39.7 Å². The first-order valence-corrected chi connectivity index (χ1v) is 1.86. The Labute approximate surface area is 57.3 Å². The quantitative estimate of drug-likeness (QED) is 0.407. The van der Waals surface area contributed by atoms with Gasteiger partial charge in [-0.25, -0.2) is 4.79 Å². The predicted molar refractivity (Wildman–Crippen MR) is 27.0 cm³/mol. The van der Waals surface area contributed by atoms with E-state index in [0.717, 1.165) is 0 Å². The first-order valence-electron chi connectivity index (χ1n) is 1.04. The van der Waals surface area contributed by atoms with Crippen LogP contribution in [0.2, 0.25) is 0 Å². The van der Waals surface area contributed by atoms with Gasteiger partial charge in [-0.15, -0.1) is 0 Å². The van der Waals surface area contributed by atoms with Crippen LogP contribution in [0.3, 0.4) is 0 Å². The molecule has 0 amide bonds. The molecule has 0 bridgehead atoms. The van der Waals surface area contributed by atoms with E-state index in [4.69, 9.17) is 5.11 Å². The average Bonchev–Trinajstić information content (AvgIpc) is 1.38. The van der Waals surface area contributed by atoms with E-state index in [1.54, 1.807) is 0 Å². The third-order valence-electron chi connectivity index (χ3n) is 0.175. The Morgan fingerprint density at radius 1 is 2.00 bits per heavy atom. The van der Waals surface area contributed by atoms with Gasteiger partial charge in [0.25, 0.3) is 0 Å². The van der Waals surface area contributed by atoms with E-state index in [9.17, 15) is 4.79 Å². The maximum absolute atomic E-state index is 9.18. The van der Waals surface area contributed by atoms with Crippen LogP contribution in [0, 0.1) is 0 Å². The Bertz CT molecular complexity index is 52.5. The van der Waals surface area contributed by atoms with Gasteiger partial charge >= 0.3 is 29.2 Å². The van der Waals surface area contributed by atoms with Crippen molar-refractivity contribution in [3.63, 3.8) is 0 Å². The molecule has 3 nitrogen and oxygen atoms in total. The van der Waals surface area contributed by atoms with Gasteiger partial charge < -0.3 is 12.4 Å². The zero-order chi connectivity index (χ0) is 4.28. The van der Waals surface area contributed by atoms with Gasteiger partial charge in [0.15, 0.2) is 0 Å². The normalized spacial score (nSPS) is 6.00. The second kappa shape index (κ2) is 5.25. The maximum Gasteiger partial charge on any atom is 2.00 e. The SMILES string of the molecule is O=C(O)O[SiH3].[H-].[H-].[Mg+2]. The molecule has 0 aromatic rings. The van der Waals surface area contributed by atoms with Crippen LogP contribution in [-0.2, 0) is 4.43 Å². The van der Waals surface area contributed by atoms with Crippen LogP contribution in [0.25, 0.3) is 0 Å². The minimum atomic E-state index is -1.18. The molecule has 0 heterocycles. The molecule has 0 radical (unpaired) electrons. The number of hydrogen-bond acceptors (Lipinski definition) is 2. The molecule has 0 spiro atoms. The minimum Gasteiger partial charge on any atom is -1.00 e. The van der Waals surface area contributed by atoms with Gasteiger partial charge in [0.1, 0.15) is 0 Å². The molecule has 5 heteroatoms. The molecule has 0 unspecified atom stereocenters. The first-order chi connectivity index (χ1) is 2.27. The summed E-state index contributed by atoms with van der Waals surface area (Å²) in [4.78, 5) is 9.18.